The number of fused-ring (bicyclic) bond motifs is 2. The second-order valence-corrected chi connectivity index (χ2v) is 11.0. The Morgan fingerprint density at radius 3 is 2.38 bits per heavy atom. The maximum Gasteiger partial charge on any atom is 0.354 e. The Labute approximate surface area is 172 Å². The van der Waals surface area contributed by atoms with Crippen molar-refractivity contribution in [3.8, 4) is 0 Å². The molecule has 2 aliphatic rings. The fourth-order valence-corrected chi connectivity index (χ4v) is 6.22. The van der Waals surface area contributed by atoms with Crippen molar-refractivity contribution in [2.45, 2.75) is 62.2 Å². The standard InChI is InChI=1S/C19H23FN4O3S2/c1-19(2,26)15-9-12(20)17(28-15)29(21,27)24-18(25)23-16-10-5-3-7-13(10)22-14-8-4-6-11(14)16/h9,26H,3-8H2,1-2H3,(H3,21,22,23,24,25,27). The lowest BCUT2D eigenvalue weighted by molar-refractivity contribution is 0.0823. The van der Waals surface area contributed by atoms with Crippen molar-refractivity contribution in [1.29, 1.82) is 0 Å². The molecule has 2 heterocycles. The summed E-state index contributed by atoms with van der Waals surface area (Å²) < 4.78 is 30.4. The second kappa shape index (κ2) is 7.12. The van der Waals surface area contributed by atoms with Crippen molar-refractivity contribution in [2.24, 2.45) is 9.50 Å². The first-order valence-corrected chi connectivity index (χ1v) is 11.9. The number of anilines is 1. The highest BCUT2D eigenvalue weighted by Gasteiger charge is 2.28. The molecule has 0 spiro atoms. The predicted molar refractivity (Wildman–Crippen MR) is 110 cm³/mol. The van der Waals surface area contributed by atoms with Gasteiger partial charge in [0, 0.05) is 16.3 Å². The number of hydrogen-bond acceptors (Lipinski definition) is 5. The maximum atomic E-state index is 14.3. The van der Waals surface area contributed by atoms with E-state index in [9.17, 15) is 18.5 Å². The van der Waals surface area contributed by atoms with Crippen molar-refractivity contribution in [1.82, 2.24) is 4.98 Å². The Hall–Kier alpha value is -1.88. The molecule has 1 atom stereocenters. The average molecular weight is 439 g/mol. The molecule has 0 saturated heterocycles. The van der Waals surface area contributed by atoms with Gasteiger partial charge in [-0.15, -0.1) is 15.7 Å². The molecule has 2 aromatic rings. The van der Waals surface area contributed by atoms with Crippen LogP contribution in [0.3, 0.4) is 0 Å². The molecule has 4 N–H and O–H groups in total. The number of carbonyl (C=O) groups excluding carboxylic acids is 1. The zero-order chi connectivity index (χ0) is 21.0. The largest absolute Gasteiger partial charge is 0.385 e. The number of rotatable bonds is 3. The van der Waals surface area contributed by atoms with Crippen molar-refractivity contribution in [3.05, 3.63) is 39.3 Å². The number of aromatic nitrogens is 1. The van der Waals surface area contributed by atoms with E-state index in [2.05, 4.69) is 9.68 Å². The quantitative estimate of drug-likeness (QED) is 0.680. The summed E-state index contributed by atoms with van der Waals surface area (Å²) in [6.45, 7) is 2.96. The molecule has 2 aliphatic carbocycles. The van der Waals surface area contributed by atoms with Gasteiger partial charge >= 0.3 is 6.03 Å². The monoisotopic (exact) mass is 438 g/mol. The van der Waals surface area contributed by atoms with Gasteiger partial charge in [-0.2, -0.15) is 0 Å². The molecule has 0 fully saturated rings. The van der Waals surface area contributed by atoms with Gasteiger partial charge in [0.25, 0.3) is 0 Å². The Kier molecular flexibility index (Phi) is 5.01. The molecule has 0 radical (unpaired) electrons. The molecule has 0 bridgehead atoms. The second-order valence-electron chi connectivity index (χ2n) is 7.94. The summed E-state index contributed by atoms with van der Waals surface area (Å²) in [6.07, 6.45) is 5.32. The molecule has 0 saturated carbocycles. The van der Waals surface area contributed by atoms with E-state index < -0.39 is 27.4 Å². The van der Waals surface area contributed by atoms with Gasteiger partial charge in [0.2, 0.25) is 0 Å². The first kappa shape index (κ1) is 20.4. The molecule has 2 aromatic heterocycles. The molecular formula is C19H23FN4O3S2. The molecule has 7 nitrogen and oxygen atoms in total. The highest BCUT2D eigenvalue weighted by molar-refractivity contribution is 7.93. The number of hydrogen-bond donors (Lipinski definition) is 3. The van der Waals surface area contributed by atoms with Gasteiger partial charge in [0.05, 0.1) is 11.3 Å². The molecule has 0 aliphatic heterocycles. The van der Waals surface area contributed by atoms with Crippen LogP contribution in [0, 0.1) is 5.82 Å². The van der Waals surface area contributed by atoms with Gasteiger partial charge in [0.15, 0.2) is 19.9 Å². The van der Waals surface area contributed by atoms with Crippen molar-refractivity contribution >= 4 is 33.0 Å². The summed E-state index contributed by atoms with van der Waals surface area (Å²) >= 11 is 0.753. The van der Waals surface area contributed by atoms with Gasteiger partial charge < -0.3 is 10.4 Å². The smallest absolute Gasteiger partial charge is 0.354 e. The summed E-state index contributed by atoms with van der Waals surface area (Å²) in [5.41, 5.74) is 3.38. The van der Waals surface area contributed by atoms with Crippen LogP contribution >= 0.6 is 11.3 Å². The number of nitrogens with two attached hydrogens (primary N) is 1. The molecule has 4 rings (SSSR count). The first-order chi connectivity index (χ1) is 13.6. The van der Waals surface area contributed by atoms with Crippen molar-refractivity contribution in [3.63, 3.8) is 0 Å². The number of urea groups is 1. The summed E-state index contributed by atoms with van der Waals surface area (Å²) in [5.74, 6) is -0.845. The molecule has 0 aromatic carbocycles. The van der Waals surface area contributed by atoms with Crippen LogP contribution in [0.25, 0.3) is 0 Å². The third-order valence-electron chi connectivity index (χ3n) is 5.23. The Morgan fingerprint density at radius 2 is 1.86 bits per heavy atom. The van der Waals surface area contributed by atoms with E-state index in [0.717, 1.165) is 78.4 Å². The number of thiophene rings is 1. The van der Waals surface area contributed by atoms with Crippen molar-refractivity contribution < 1.29 is 18.5 Å². The number of amides is 2. The summed E-state index contributed by atoms with van der Waals surface area (Å²) in [5, 5.41) is 18.5. The van der Waals surface area contributed by atoms with E-state index in [0.29, 0.717) is 5.69 Å². The first-order valence-electron chi connectivity index (χ1n) is 9.48. The molecule has 10 heteroatoms. The third-order valence-corrected chi connectivity index (χ3v) is 8.57. The van der Waals surface area contributed by atoms with E-state index in [1.807, 2.05) is 0 Å². The normalized spacial score (nSPS) is 17.6. The van der Waals surface area contributed by atoms with Crippen LogP contribution < -0.4 is 10.5 Å². The van der Waals surface area contributed by atoms with E-state index in [-0.39, 0.29) is 9.09 Å². The minimum absolute atomic E-state index is 0.253. The molecule has 156 valence electrons. The number of carbonyl (C=O) groups is 1. The highest BCUT2D eigenvalue weighted by Crippen LogP contribution is 2.37. The zero-order valence-corrected chi connectivity index (χ0v) is 17.9. The minimum Gasteiger partial charge on any atom is -0.385 e. The lowest BCUT2D eigenvalue weighted by Crippen LogP contribution is -2.19. The van der Waals surface area contributed by atoms with E-state index in [1.54, 1.807) is 0 Å². The Balaban J connectivity index is 1.68. The minimum atomic E-state index is -3.80. The van der Waals surface area contributed by atoms with Gasteiger partial charge in [-0.25, -0.2) is 18.5 Å². The van der Waals surface area contributed by atoms with Crippen molar-refractivity contribution in [2.75, 3.05) is 5.32 Å². The SMILES string of the molecule is CC(C)(O)c1cc(F)c(S(N)(=O)=NC(=O)Nc2c3c(nc4c2CCC4)CCC3)s1. The Bertz CT molecular complexity index is 1100. The summed E-state index contributed by atoms with van der Waals surface area (Å²) in [7, 11) is -3.80. The number of aliphatic hydroxyl groups is 1. The fourth-order valence-electron chi connectivity index (χ4n) is 3.88. The average Bonchev–Trinajstić information content (AvgIpc) is 3.31. The lowest BCUT2D eigenvalue weighted by atomic mass is 10.1. The van der Waals surface area contributed by atoms with Crippen LogP contribution in [0.15, 0.2) is 14.6 Å². The summed E-state index contributed by atoms with van der Waals surface area (Å²) in [6, 6.07) is 0.201. The van der Waals surface area contributed by atoms with Crippen LogP contribution in [0.1, 0.15) is 54.1 Å². The number of aryl methyl sites for hydroxylation is 2. The maximum absolute atomic E-state index is 14.3. The van der Waals surface area contributed by atoms with Crippen LogP contribution in [0.5, 0.6) is 0 Å². The van der Waals surface area contributed by atoms with Gasteiger partial charge in [0.1, 0.15) is 0 Å². The van der Waals surface area contributed by atoms with Crippen LogP contribution in [0.2, 0.25) is 0 Å². The predicted octanol–water partition coefficient (Wildman–Crippen LogP) is 3.42. The number of halogens is 1. The highest BCUT2D eigenvalue weighted by atomic mass is 32.2. The third kappa shape index (κ3) is 3.81. The van der Waals surface area contributed by atoms with Gasteiger partial charge in [-0.05, 0) is 69.6 Å². The van der Waals surface area contributed by atoms with Gasteiger partial charge in [-0.1, -0.05) is 0 Å². The fraction of sp³-hybridized carbons (Fsp3) is 0.474. The molecule has 2 amide bonds. The lowest BCUT2D eigenvalue weighted by Gasteiger charge is -2.14. The van der Waals surface area contributed by atoms with Crippen LogP contribution in [0.4, 0.5) is 14.9 Å². The van der Waals surface area contributed by atoms with Crippen LogP contribution in [-0.4, -0.2) is 20.3 Å². The summed E-state index contributed by atoms with van der Waals surface area (Å²) in [4.78, 5) is 17.6. The van der Waals surface area contributed by atoms with E-state index in [4.69, 9.17) is 10.1 Å². The van der Waals surface area contributed by atoms with E-state index in [1.165, 1.54) is 13.8 Å². The topological polar surface area (TPSA) is 118 Å². The molecule has 29 heavy (non-hydrogen) atoms. The van der Waals surface area contributed by atoms with E-state index >= 15 is 0 Å². The number of nitrogens with one attached hydrogen (secondary N) is 1. The molecular weight excluding hydrogens is 415 g/mol. The number of pyridine rings is 1. The number of nitrogens with zero attached hydrogens (tertiary/aromatic N) is 2. The zero-order valence-electron chi connectivity index (χ0n) is 16.2. The molecule has 1 unspecified atom stereocenters. The Morgan fingerprint density at radius 1 is 1.28 bits per heavy atom. The van der Waals surface area contributed by atoms with Crippen LogP contribution in [-0.2, 0) is 41.2 Å². The van der Waals surface area contributed by atoms with Gasteiger partial charge in [-0.3, -0.25) is 4.98 Å².